The fraction of sp³-hybridized carbons (Fsp3) is 1.00. The van der Waals surface area contributed by atoms with Crippen molar-refractivity contribution < 1.29 is 9.84 Å². The summed E-state index contributed by atoms with van der Waals surface area (Å²) in [5.74, 6) is 0.498. The lowest BCUT2D eigenvalue weighted by atomic mass is 10.1. The second kappa shape index (κ2) is 2.27. The molecule has 1 N–H and O–H groups in total. The van der Waals surface area contributed by atoms with Gasteiger partial charge in [-0.1, -0.05) is 6.92 Å². The second-order valence-electron chi connectivity index (χ2n) is 3.17. The third-order valence-corrected chi connectivity index (χ3v) is 2.23. The number of aliphatic hydroxyl groups is 1. The standard InChI is InChI=1S/C7H14O2/c1-7(5-9-2)3-6(7)4-8/h6,8H,3-5H2,1-2H3/t6-,7+/m0/s1. The number of methoxy groups -OCH3 is 1. The number of aliphatic hydroxyl groups excluding tert-OH is 1. The Bertz CT molecular complexity index is 103. The van der Waals surface area contributed by atoms with Gasteiger partial charge in [-0.2, -0.15) is 0 Å². The van der Waals surface area contributed by atoms with Crippen molar-refractivity contribution in [1.29, 1.82) is 0 Å². The summed E-state index contributed by atoms with van der Waals surface area (Å²) < 4.78 is 4.99. The molecule has 0 spiro atoms. The zero-order valence-corrected chi connectivity index (χ0v) is 6.05. The van der Waals surface area contributed by atoms with Gasteiger partial charge in [0.15, 0.2) is 0 Å². The summed E-state index contributed by atoms with van der Waals surface area (Å²) in [5, 5.41) is 8.71. The molecule has 1 saturated carbocycles. The van der Waals surface area contributed by atoms with E-state index in [9.17, 15) is 0 Å². The van der Waals surface area contributed by atoms with Crippen LogP contribution in [-0.2, 0) is 4.74 Å². The van der Waals surface area contributed by atoms with Crippen LogP contribution in [0, 0.1) is 11.3 Å². The van der Waals surface area contributed by atoms with Gasteiger partial charge in [0.2, 0.25) is 0 Å². The Labute approximate surface area is 55.8 Å². The molecule has 2 nitrogen and oxygen atoms in total. The maximum atomic E-state index is 8.71. The van der Waals surface area contributed by atoms with E-state index in [1.807, 2.05) is 0 Å². The summed E-state index contributed by atoms with van der Waals surface area (Å²) in [4.78, 5) is 0. The molecule has 0 heterocycles. The molecular formula is C7H14O2. The minimum Gasteiger partial charge on any atom is -0.396 e. The van der Waals surface area contributed by atoms with Crippen molar-refractivity contribution in [2.24, 2.45) is 11.3 Å². The van der Waals surface area contributed by atoms with E-state index >= 15 is 0 Å². The van der Waals surface area contributed by atoms with Crippen molar-refractivity contribution in [1.82, 2.24) is 0 Å². The molecule has 1 rings (SSSR count). The third-order valence-electron chi connectivity index (χ3n) is 2.23. The molecule has 0 aromatic carbocycles. The molecule has 0 radical (unpaired) electrons. The molecule has 0 aromatic rings. The minimum atomic E-state index is 0.295. The first-order valence-electron chi connectivity index (χ1n) is 3.33. The average molecular weight is 130 g/mol. The summed E-state index contributed by atoms with van der Waals surface area (Å²) in [5.41, 5.74) is 0.295. The smallest absolute Gasteiger partial charge is 0.0519 e. The van der Waals surface area contributed by atoms with Crippen LogP contribution in [0.4, 0.5) is 0 Å². The van der Waals surface area contributed by atoms with E-state index in [4.69, 9.17) is 9.84 Å². The normalized spacial score (nSPS) is 41.0. The molecule has 9 heavy (non-hydrogen) atoms. The number of hydrogen-bond donors (Lipinski definition) is 1. The highest BCUT2D eigenvalue weighted by atomic mass is 16.5. The fourth-order valence-electron chi connectivity index (χ4n) is 1.30. The summed E-state index contributed by atoms with van der Waals surface area (Å²) in [7, 11) is 1.71. The van der Waals surface area contributed by atoms with Gasteiger partial charge < -0.3 is 9.84 Å². The van der Waals surface area contributed by atoms with Crippen molar-refractivity contribution in [2.75, 3.05) is 20.3 Å². The van der Waals surface area contributed by atoms with E-state index in [2.05, 4.69) is 6.92 Å². The Kier molecular flexibility index (Phi) is 1.78. The lowest BCUT2D eigenvalue weighted by Crippen LogP contribution is -2.08. The lowest BCUT2D eigenvalue weighted by Gasteiger charge is -2.06. The largest absolute Gasteiger partial charge is 0.396 e. The first kappa shape index (κ1) is 7.03. The molecule has 0 bridgehead atoms. The predicted octanol–water partition coefficient (Wildman–Crippen LogP) is 0.651. The van der Waals surface area contributed by atoms with E-state index in [1.165, 1.54) is 0 Å². The van der Waals surface area contributed by atoms with Gasteiger partial charge in [-0.3, -0.25) is 0 Å². The van der Waals surface area contributed by atoms with Crippen LogP contribution in [0.5, 0.6) is 0 Å². The zero-order valence-electron chi connectivity index (χ0n) is 6.05. The molecular weight excluding hydrogens is 116 g/mol. The van der Waals surface area contributed by atoms with Crippen molar-refractivity contribution >= 4 is 0 Å². The topological polar surface area (TPSA) is 29.5 Å². The zero-order chi connectivity index (χ0) is 6.91. The monoisotopic (exact) mass is 130 g/mol. The maximum absolute atomic E-state index is 8.71. The molecule has 54 valence electrons. The maximum Gasteiger partial charge on any atom is 0.0519 e. The van der Waals surface area contributed by atoms with E-state index in [-0.39, 0.29) is 0 Å². The highest BCUT2D eigenvalue weighted by molar-refractivity contribution is 4.98. The second-order valence-corrected chi connectivity index (χ2v) is 3.17. The predicted molar refractivity (Wildman–Crippen MR) is 35.2 cm³/mol. The SMILES string of the molecule is COC[C@@]1(C)C[C@H]1CO. The molecule has 1 aliphatic rings. The van der Waals surface area contributed by atoms with Crippen molar-refractivity contribution in [3.8, 4) is 0 Å². The molecule has 2 atom stereocenters. The number of rotatable bonds is 3. The van der Waals surface area contributed by atoms with Crippen molar-refractivity contribution in [3.63, 3.8) is 0 Å². The summed E-state index contributed by atoms with van der Waals surface area (Å²) in [6, 6.07) is 0. The minimum absolute atomic E-state index is 0.295. The van der Waals surface area contributed by atoms with E-state index in [0.29, 0.717) is 17.9 Å². The quantitative estimate of drug-likeness (QED) is 0.608. The lowest BCUT2D eigenvalue weighted by molar-refractivity contribution is 0.131. The van der Waals surface area contributed by atoms with Crippen LogP contribution in [0.2, 0.25) is 0 Å². The van der Waals surface area contributed by atoms with Crippen molar-refractivity contribution in [2.45, 2.75) is 13.3 Å². The molecule has 0 amide bonds. The molecule has 2 heteroatoms. The van der Waals surface area contributed by atoms with Crippen LogP contribution >= 0.6 is 0 Å². The van der Waals surface area contributed by atoms with Gasteiger partial charge in [0.1, 0.15) is 0 Å². The van der Waals surface area contributed by atoms with Crippen LogP contribution in [0.25, 0.3) is 0 Å². The Balaban J connectivity index is 2.25. The van der Waals surface area contributed by atoms with Gasteiger partial charge in [0.05, 0.1) is 6.61 Å². The highest BCUT2D eigenvalue weighted by Gasteiger charge is 2.49. The molecule has 0 aromatic heterocycles. The average Bonchev–Trinajstić information content (AvgIpc) is 2.43. The van der Waals surface area contributed by atoms with Gasteiger partial charge in [0.25, 0.3) is 0 Å². The molecule has 1 aliphatic carbocycles. The molecule has 0 aliphatic heterocycles. The molecule has 0 unspecified atom stereocenters. The van der Waals surface area contributed by atoms with Gasteiger partial charge in [-0.25, -0.2) is 0 Å². The van der Waals surface area contributed by atoms with E-state index in [0.717, 1.165) is 13.0 Å². The van der Waals surface area contributed by atoms with Gasteiger partial charge in [-0.05, 0) is 17.8 Å². The number of hydrogen-bond acceptors (Lipinski definition) is 2. The van der Waals surface area contributed by atoms with Crippen LogP contribution in [0.15, 0.2) is 0 Å². The number of ether oxygens (including phenoxy) is 1. The Morgan fingerprint density at radius 1 is 1.78 bits per heavy atom. The van der Waals surface area contributed by atoms with Crippen molar-refractivity contribution in [3.05, 3.63) is 0 Å². The molecule has 1 fully saturated rings. The van der Waals surface area contributed by atoms with Crippen LogP contribution in [0.1, 0.15) is 13.3 Å². The Morgan fingerprint density at radius 2 is 2.44 bits per heavy atom. The van der Waals surface area contributed by atoms with E-state index in [1.54, 1.807) is 7.11 Å². The Morgan fingerprint density at radius 3 is 2.78 bits per heavy atom. The first-order chi connectivity index (χ1) is 4.23. The first-order valence-corrected chi connectivity index (χ1v) is 3.33. The molecule has 0 saturated heterocycles. The van der Waals surface area contributed by atoms with Gasteiger partial charge in [-0.15, -0.1) is 0 Å². The summed E-state index contributed by atoms with van der Waals surface area (Å²) in [6.07, 6.45) is 1.12. The summed E-state index contributed by atoms with van der Waals surface area (Å²) in [6.45, 7) is 3.26. The van der Waals surface area contributed by atoms with E-state index < -0.39 is 0 Å². The highest BCUT2D eigenvalue weighted by Crippen LogP contribution is 2.51. The third kappa shape index (κ3) is 1.25. The Hall–Kier alpha value is -0.0800. The van der Waals surface area contributed by atoms with Crippen LogP contribution < -0.4 is 0 Å². The summed E-state index contributed by atoms with van der Waals surface area (Å²) >= 11 is 0. The van der Waals surface area contributed by atoms with Crippen LogP contribution in [-0.4, -0.2) is 25.4 Å². The van der Waals surface area contributed by atoms with Crippen LogP contribution in [0.3, 0.4) is 0 Å². The van der Waals surface area contributed by atoms with Gasteiger partial charge in [0, 0.05) is 13.7 Å². The fourth-order valence-corrected chi connectivity index (χ4v) is 1.30. The van der Waals surface area contributed by atoms with Gasteiger partial charge >= 0.3 is 0 Å².